The normalized spacial score (nSPS) is 20.6. The Morgan fingerprint density at radius 1 is 1.14 bits per heavy atom. The molecule has 7 nitrogen and oxygen atoms in total. The third-order valence-corrected chi connectivity index (χ3v) is 5.52. The number of para-hydroxylation sites is 2. The molecular formula is C21H32N4O3. The van der Waals surface area contributed by atoms with Gasteiger partial charge in [0.05, 0.1) is 5.69 Å². The molecule has 0 radical (unpaired) electrons. The molecule has 2 amide bonds. The molecule has 2 heterocycles. The van der Waals surface area contributed by atoms with Crippen LogP contribution in [0.3, 0.4) is 0 Å². The number of amides is 2. The SMILES string of the molecule is CCN1CCN(CCCNC(=O)CCN2C(=O)C(C)Oc3ccccc32)CC1. The molecular weight excluding hydrogens is 356 g/mol. The van der Waals surface area contributed by atoms with Gasteiger partial charge in [-0.2, -0.15) is 0 Å². The number of carbonyl (C=O) groups excluding carboxylic acids is 2. The standard InChI is InChI=1S/C21H32N4O3/c1-3-23-13-15-24(16-14-23)11-6-10-22-20(26)9-12-25-18-7-4-5-8-19(18)28-17(2)21(25)27/h4-5,7-8,17H,3,6,9-16H2,1-2H3,(H,22,26). The molecule has 1 aromatic rings. The number of hydrogen-bond donors (Lipinski definition) is 1. The number of nitrogens with zero attached hydrogens (tertiary/aromatic N) is 3. The van der Waals surface area contributed by atoms with Crippen LogP contribution < -0.4 is 15.0 Å². The largest absolute Gasteiger partial charge is 0.479 e. The Kier molecular flexibility index (Phi) is 7.28. The van der Waals surface area contributed by atoms with Gasteiger partial charge in [-0.1, -0.05) is 19.1 Å². The molecule has 1 atom stereocenters. The van der Waals surface area contributed by atoms with E-state index in [1.807, 2.05) is 24.3 Å². The van der Waals surface area contributed by atoms with Gasteiger partial charge < -0.3 is 24.8 Å². The number of likely N-dealkylation sites (N-methyl/N-ethyl adjacent to an activating group) is 1. The number of piperazine rings is 1. The van der Waals surface area contributed by atoms with E-state index < -0.39 is 6.10 Å². The van der Waals surface area contributed by atoms with Crippen molar-refractivity contribution in [2.45, 2.75) is 32.8 Å². The lowest BCUT2D eigenvalue weighted by Crippen LogP contribution is -2.47. The summed E-state index contributed by atoms with van der Waals surface area (Å²) in [5.74, 6) is 0.580. The van der Waals surface area contributed by atoms with E-state index in [-0.39, 0.29) is 11.8 Å². The van der Waals surface area contributed by atoms with Gasteiger partial charge in [-0.25, -0.2) is 0 Å². The Bertz CT molecular complexity index is 673. The lowest BCUT2D eigenvalue weighted by Gasteiger charge is -2.34. The van der Waals surface area contributed by atoms with Crippen molar-refractivity contribution in [3.05, 3.63) is 24.3 Å². The van der Waals surface area contributed by atoms with E-state index in [0.29, 0.717) is 25.3 Å². The maximum atomic E-state index is 12.4. The third-order valence-electron chi connectivity index (χ3n) is 5.52. The van der Waals surface area contributed by atoms with Crippen molar-refractivity contribution < 1.29 is 14.3 Å². The van der Waals surface area contributed by atoms with Crippen molar-refractivity contribution in [3.8, 4) is 5.75 Å². The Morgan fingerprint density at radius 2 is 1.86 bits per heavy atom. The monoisotopic (exact) mass is 388 g/mol. The molecule has 2 aliphatic rings. The molecule has 154 valence electrons. The summed E-state index contributed by atoms with van der Waals surface area (Å²) >= 11 is 0. The first-order valence-corrected chi connectivity index (χ1v) is 10.4. The van der Waals surface area contributed by atoms with Crippen LogP contribution in [-0.4, -0.2) is 80.1 Å². The molecule has 0 aliphatic carbocycles. The molecule has 3 rings (SSSR count). The van der Waals surface area contributed by atoms with Crippen LogP contribution in [0.5, 0.6) is 5.75 Å². The summed E-state index contributed by atoms with van der Waals surface area (Å²) in [4.78, 5) is 31.2. The fourth-order valence-corrected chi connectivity index (χ4v) is 3.75. The van der Waals surface area contributed by atoms with Gasteiger partial charge in [0, 0.05) is 45.7 Å². The Morgan fingerprint density at radius 3 is 2.61 bits per heavy atom. The van der Waals surface area contributed by atoms with Gasteiger partial charge in [0.1, 0.15) is 5.75 Å². The summed E-state index contributed by atoms with van der Waals surface area (Å²) in [7, 11) is 0. The van der Waals surface area contributed by atoms with Crippen LogP contribution in [0.15, 0.2) is 24.3 Å². The second-order valence-corrected chi connectivity index (χ2v) is 7.45. The van der Waals surface area contributed by atoms with E-state index in [1.165, 1.54) is 0 Å². The van der Waals surface area contributed by atoms with Gasteiger partial charge in [0.2, 0.25) is 5.91 Å². The molecule has 0 spiro atoms. The number of hydrogen-bond acceptors (Lipinski definition) is 5. The van der Waals surface area contributed by atoms with Crippen LogP contribution in [0.25, 0.3) is 0 Å². The van der Waals surface area contributed by atoms with Crippen molar-refractivity contribution in [3.63, 3.8) is 0 Å². The molecule has 2 aliphatic heterocycles. The predicted molar refractivity (Wildman–Crippen MR) is 110 cm³/mol. The number of ether oxygens (including phenoxy) is 1. The quantitative estimate of drug-likeness (QED) is 0.681. The van der Waals surface area contributed by atoms with Crippen LogP contribution in [0.1, 0.15) is 26.7 Å². The molecule has 0 bridgehead atoms. The third kappa shape index (κ3) is 5.23. The Labute approximate surface area is 167 Å². The topological polar surface area (TPSA) is 65.1 Å². The van der Waals surface area contributed by atoms with Crippen molar-refractivity contribution in [1.29, 1.82) is 0 Å². The Hall–Kier alpha value is -2.12. The summed E-state index contributed by atoms with van der Waals surface area (Å²) in [5.41, 5.74) is 0.740. The highest BCUT2D eigenvalue weighted by Gasteiger charge is 2.31. The van der Waals surface area contributed by atoms with E-state index in [0.717, 1.165) is 51.4 Å². The highest BCUT2D eigenvalue weighted by Crippen LogP contribution is 2.33. The minimum absolute atomic E-state index is 0.0137. The fraction of sp³-hybridized carbons (Fsp3) is 0.619. The van der Waals surface area contributed by atoms with Crippen molar-refractivity contribution >= 4 is 17.5 Å². The molecule has 7 heteroatoms. The molecule has 0 saturated carbocycles. The van der Waals surface area contributed by atoms with Crippen LogP contribution in [0, 0.1) is 0 Å². The Balaban J connectivity index is 1.37. The number of nitrogens with one attached hydrogen (secondary N) is 1. The summed E-state index contributed by atoms with van der Waals surface area (Å²) < 4.78 is 5.63. The number of carbonyl (C=O) groups is 2. The van der Waals surface area contributed by atoms with Crippen LogP contribution in [-0.2, 0) is 9.59 Å². The van der Waals surface area contributed by atoms with E-state index in [9.17, 15) is 9.59 Å². The highest BCUT2D eigenvalue weighted by molar-refractivity contribution is 6.00. The minimum atomic E-state index is -0.522. The zero-order chi connectivity index (χ0) is 19.9. The number of benzene rings is 1. The van der Waals surface area contributed by atoms with Gasteiger partial charge in [-0.15, -0.1) is 0 Å². The molecule has 1 saturated heterocycles. The van der Waals surface area contributed by atoms with Crippen molar-refractivity contribution in [1.82, 2.24) is 15.1 Å². The second kappa shape index (κ2) is 9.89. The predicted octanol–water partition coefficient (Wildman–Crippen LogP) is 1.33. The summed E-state index contributed by atoms with van der Waals surface area (Å²) in [5, 5.41) is 2.99. The maximum absolute atomic E-state index is 12.4. The molecule has 1 unspecified atom stereocenters. The number of rotatable bonds is 8. The average molecular weight is 389 g/mol. The molecule has 1 fully saturated rings. The van der Waals surface area contributed by atoms with Crippen LogP contribution >= 0.6 is 0 Å². The van der Waals surface area contributed by atoms with Gasteiger partial charge in [0.15, 0.2) is 6.10 Å². The molecule has 1 aromatic carbocycles. The smallest absolute Gasteiger partial charge is 0.267 e. The first-order valence-electron chi connectivity index (χ1n) is 10.4. The number of fused-ring (bicyclic) bond motifs is 1. The lowest BCUT2D eigenvalue weighted by molar-refractivity contribution is -0.125. The minimum Gasteiger partial charge on any atom is -0.479 e. The van der Waals surface area contributed by atoms with E-state index >= 15 is 0 Å². The van der Waals surface area contributed by atoms with Gasteiger partial charge in [-0.05, 0) is 38.6 Å². The summed E-state index contributed by atoms with van der Waals surface area (Å²) in [6.45, 7) is 11.6. The number of anilines is 1. The van der Waals surface area contributed by atoms with E-state index in [4.69, 9.17) is 4.74 Å². The van der Waals surface area contributed by atoms with Gasteiger partial charge in [0.25, 0.3) is 5.91 Å². The maximum Gasteiger partial charge on any atom is 0.267 e. The van der Waals surface area contributed by atoms with Gasteiger partial charge in [-0.3, -0.25) is 9.59 Å². The second-order valence-electron chi connectivity index (χ2n) is 7.45. The zero-order valence-electron chi connectivity index (χ0n) is 17.0. The fourth-order valence-electron chi connectivity index (χ4n) is 3.75. The van der Waals surface area contributed by atoms with E-state index in [2.05, 4.69) is 22.0 Å². The van der Waals surface area contributed by atoms with E-state index in [1.54, 1.807) is 11.8 Å². The first-order chi connectivity index (χ1) is 13.6. The van der Waals surface area contributed by atoms with Gasteiger partial charge >= 0.3 is 0 Å². The summed E-state index contributed by atoms with van der Waals surface area (Å²) in [6.07, 6.45) is 0.724. The lowest BCUT2D eigenvalue weighted by atomic mass is 10.1. The van der Waals surface area contributed by atoms with Crippen molar-refractivity contribution in [2.75, 3.05) is 57.3 Å². The van der Waals surface area contributed by atoms with Crippen molar-refractivity contribution in [2.24, 2.45) is 0 Å². The first kappa shape index (κ1) is 20.6. The average Bonchev–Trinajstić information content (AvgIpc) is 2.72. The summed E-state index contributed by atoms with van der Waals surface area (Å²) in [6, 6.07) is 7.47. The molecule has 28 heavy (non-hydrogen) atoms. The molecule has 0 aromatic heterocycles. The highest BCUT2D eigenvalue weighted by atomic mass is 16.5. The zero-order valence-corrected chi connectivity index (χ0v) is 17.0. The molecule has 1 N–H and O–H groups in total. The van der Waals surface area contributed by atoms with Crippen LogP contribution in [0.2, 0.25) is 0 Å². The van der Waals surface area contributed by atoms with Crippen LogP contribution in [0.4, 0.5) is 5.69 Å².